The standard InChI is InChI=1S/C16H35N/c1-14(2)13-16(5)11-9-7-6-8-10-12-17-15(3)4/h14-17H,6-13H2,1-5H3. The molecule has 104 valence electrons. The van der Waals surface area contributed by atoms with Crippen molar-refractivity contribution in [2.24, 2.45) is 11.8 Å². The zero-order valence-electron chi connectivity index (χ0n) is 12.9. The molecule has 1 atom stereocenters. The quantitative estimate of drug-likeness (QED) is 0.502. The van der Waals surface area contributed by atoms with Crippen LogP contribution < -0.4 is 5.32 Å². The Morgan fingerprint density at radius 3 is 1.94 bits per heavy atom. The molecule has 0 radical (unpaired) electrons. The van der Waals surface area contributed by atoms with E-state index in [1.54, 1.807) is 0 Å². The predicted molar refractivity (Wildman–Crippen MR) is 79.5 cm³/mol. The van der Waals surface area contributed by atoms with Gasteiger partial charge in [-0.2, -0.15) is 0 Å². The van der Waals surface area contributed by atoms with Gasteiger partial charge < -0.3 is 5.32 Å². The Morgan fingerprint density at radius 2 is 1.35 bits per heavy atom. The lowest BCUT2D eigenvalue weighted by Crippen LogP contribution is -2.23. The zero-order chi connectivity index (χ0) is 13.1. The molecule has 0 heterocycles. The average Bonchev–Trinajstić information content (AvgIpc) is 2.20. The molecular formula is C16H35N. The topological polar surface area (TPSA) is 12.0 Å². The molecule has 0 rings (SSSR count). The summed E-state index contributed by atoms with van der Waals surface area (Å²) in [4.78, 5) is 0. The van der Waals surface area contributed by atoms with Crippen molar-refractivity contribution in [3.05, 3.63) is 0 Å². The Morgan fingerprint density at radius 1 is 0.765 bits per heavy atom. The molecule has 1 N–H and O–H groups in total. The predicted octanol–water partition coefficient (Wildman–Crippen LogP) is 5.01. The van der Waals surface area contributed by atoms with Crippen molar-refractivity contribution < 1.29 is 0 Å². The smallest absolute Gasteiger partial charge is 0.00103 e. The van der Waals surface area contributed by atoms with Crippen molar-refractivity contribution in [3.8, 4) is 0 Å². The molecule has 0 bridgehead atoms. The number of nitrogens with one attached hydrogen (secondary N) is 1. The maximum atomic E-state index is 3.48. The summed E-state index contributed by atoms with van der Waals surface area (Å²) in [6.07, 6.45) is 9.88. The monoisotopic (exact) mass is 241 g/mol. The van der Waals surface area contributed by atoms with E-state index in [0.717, 1.165) is 11.8 Å². The van der Waals surface area contributed by atoms with Crippen molar-refractivity contribution in [1.29, 1.82) is 0 Å². The van der Waals surface area contributed by atoms with Gasteiger partial charge in [-0.05, 0) is 31.2 Å². The number of rotatable bonds is 11. The Bertz CT molecular complexity index is 152. The average molecular weight is 241 g/mol. The number of hydrogen-bond acceptors (Lipinski definition) is 1. The van der Waals surface area contributed by atoms with E-state index in [-0.39, 0.29) is 0 Å². The summed E-state index contributed by atoms with van der Waals surface area (Å²) in [5.41, 5.74) is 0. The normalized spacial score (nSPS) is 13.6. The van der Waals surface area contributed by atoms with E-state index in [1.165, 1.54) is 51.5 Å². The van der Waals surface area contributed by atoms with Gasteiger partial charge in [0.1, 0.15) is 0 Å². The minimum absolute atomic E-state index is 0.645. The largest absolute Gasteiger partial charge is 0.315 e. The summed E-state index contributed by atoms with van der Waals surface area (Å²) in [5.74, 6) is 1.80. The minimum Gasteiger partial charge on any atom is -0.315 e. The lowest BCUT2D eigenvalue weighted by atomic mass is 9.93. The maximum absolute atomic E-state index is 3.48. The van der Waals surface area contributed by atoms with Crippen molar-refractivity contribution >= 4 is 0 Å². The van der Waals surface area contributed by atoms with E-state index in [4.69, 9.17) is 0 Å². The summed E-state index contributed by atoms with van der Waals surface area (Å²) >= 11 is 0. The molecule has 17 heavy (non-hydrogen) atoms. The fourth-order valence-electron chi connectivity index (χ4n) is 2.46. The fraction of sp³-hybridized carbons (Fsp3) is 1.00. The molecule has 1 heteroatoms. The SMILES string of the molecule is CC(C)CC(C)CCCCCCCNC(C)C. The molecule has 1 nitrogen and oxygen atoms in total. The lowest BCUT2D eigenvalue weighted by Gasteiger charge is -2.13. The van der Waals surface area contributed by atoms with Gasteiger partial charge in [0.2, 0.25) is 0 Å². The van der Waals surface area contributed by atoms with Gasteiger partial charge in [-0.25, -0.2) is 0 Å². The highest BCUT2D eigenvalue weighted by molar-refractivity contribution is 4.57. The molecular weight excluding hydrogens is 206 g/mol. The molecule has 0 aliphatic heterocycles. The highest BCUT2D eigenvalue weighted by Crippen LogP contribution is 2.18. The molecule has 0 aromatic rings. The Labute approximate surface area is 110 Å². The Balaban J connectivity index is 3.13. The molecule has 0 aromatic carbocycles. The van der Waals surface area contributed by atoms with E-state index in [9.17, 15) is 0 Å². The van der Waals surface area contributed by atoms with Gasteiger partial charge in [0, 0.05) is 6.04 Å². The number of unbranched alkanes of at least 4 members (excludes halogenated alkanes) is 4. The molecule has 0 aliphatic carbocycles. The molecule has 0 aromatic heterocycles. The van der Waals surface area contributed by atoms with Crippen LogP contribution in [0.5, 0.6) is 0 Å². The van der Waals surface area contributed by atoms with Crippen LogP contribution >= 0.6 is 0 Å². The molecule has 0 saturated heterocycles. The van der Waals surface area contributed by atoms with E-state index < -0.39 is 0 Å². The van der Waals surface area contributed by atoms with Crippen LogP contribution in [-0.2, 0) is 0 Å². The first-order valence-electron chi connectivity index (χ1n) is 7.75. The highest BCUT2D eigenvalue weighted by Gasteiger charge is 2.04. The van der Waals surface area contributed by atoms with Crippen molar-refractivity contribution in [2.75, 3.05) is 6.54 Å². The summed E-state index contributed by atoms with van der Waals surface area (Å²) in [6.45, 7) is 12.7. The molecule has 0 spiro atoms. The van der Waals surface area contributed by atoms with Gasteiger partial charge in [0.25, 0.3) is 0 Å². The van der Waals surface area contributed by atoms with Crippen molar-refractivity contribution in [2.45, 2.75) is 85.6 Å². The van der Waals surface area contributed by atoms with Gasteiger partial charge in [0.15, 0.2) is 0 Å². The van der Waals surface area contributed by atoms with Gasteiger partial charge in [0.05, 0.1) is 0 Å². The first kappa shape index (κ1) is 17.0. The molecule has 0 aliphatic rings. The van der Waals surface area contributed by atoms with Gasteiger partial charge in [-0.15, -0.1) is 0 Å². The van der Waals surface area contributed by atoms with E-state index in [0.29, 0.717) is 6.04 Å². The van der Waals surface area contributed by atoms with Crippen molar-refractivity contribution in [3.63, 3.8) is 0 Å². The number of hydrogen-bond donors (Lipinski definition) is 1. The molecule has 1 unspecified atom stereocenters. The second-order valence-electron chi connectivity index (χ2n) is 6.40. The van der Waals surface area contributed by atoms with Crippen LogP contribution in [0.3, 0.4) is 0 Å². The maximum Gasteiger partial charge on any atom is 0.00103 e. The summed E-state index contributed by atoms with van der Waals surface area (Å²) in [7, 11) is 0. The third kappa shape index (κ3) is 13.9. The second-order valence-corrected chi connectivity index (χ2v) is 6.40. The van der Waals surface area contributed by atoms with Gasteiger partial charge in [-0.1, -0.05) is 66.7 Å². The van der Waals surface area contributed by atoms with Crippen LogP contribution in [0, 0.1) is 11.8 Å². The third-order valence-electron chi connectivity index (χ3n) is 3.30. The second kappa shape index (κ2) is 11.1. The van der Waals surface area contributed by atoms with Crippen LogP contribution in [0.1, 0.15) is 79.6 Å². The minimum atomic E-state index is 0.645. The van der Waals surface area contributed by atoms with E-state index >= 15 is 0 Å². The molecule has 0 amide bonds. The van der Waals surface area contributed by atoms with Crippen LogP contribution in [-0.4, -0.2) is 12.6 Å². The summed E-state index contributed by atoms with van der Waals surface area (Å²) in [5, 5.41) is 3.48. The Hall–Kier alpha value is -0.0400. The van der Waals surface area contributed by atoms with Crippen LogP contribution in [0.25, 0.3) is 0 Å². The summed E-state index contributed by atoms with van der Waals surface area (Å²) < 4.78 is 0. The first-order chi connectivity index (χ1) is 8.02. The summed E-state index contributed by atoms with van der Waals surface area (Å²) in [6, 6.07) is 0.645. The zero-order valence-corrected chi connectivity index (χ0v) is 12.9. The molecule has 0 fully saturated rings. The third-order valence-corrected chi connectivity index (χ3v) is 3.30. The van der Waals surface area contributed by atoms with Crippen LogP contribution in [0.2, 0.25) is 0 Å². The highest BCUT2D eigenvalue weighted by atomic mass is 14.9. The van der Waals surface area contributed by atoms with Crippen molar-refractivity contribution in [1.82, 2.24) is 5.32 Å². The fourth-order valence-corrected chi connectivity index (χ4v) is 2.46. The van der Waals surface area contributed by atoms with Crippen LogP contribution in [0.4, 0.5) is 0 Å². The lowest BCUT2D eigenvalue weighted by molar-refractivity contribution is 0.397. The van der Waals surface area contributed by atoms with Crippen LogP contribution in [0.15, 0.2) is 0 Å². The van der Waals surface area contributed by atoms with E-state index in [2.05, 4.69) is 39.9 Å². The van der Waals surface area contributed by atoms with E-state index in [1.807, 2.05) is 0 Å². The van der Waals surface area contributed by atoms with Gasteiger partial charge in [-0.3, -0.25) is 0 Å². The molecule has 0 saturated carbocycles. The van der Waals surface area contributed by atoms with Gasteiger partial charge >= 0.3 is 0 Å². The first-order valence-corrected chi connectivity index (χ1v) is 7.75. The Kier molecular flexibility index (Phi) is 11.0.